The number of esters is 1. The van der Waals surface area contributed by atoms with Gasteiger partial charge in [0.25, 0.3) is 0 Å². The molecule has 2 aromatic rings. The van der Waals surface area contributed by atoms with Crippen LogP contribution in [0.4, 0.5) is 0 Å². The number of unbranched alkanes of at least 4 members (excludes halogenated alkanes) is 1. The highest BCUT2D eigenvalue weighted by atomic mass is 16.5. The fourth-order valence-corrected chi connectivity index (χ4v) is 4.10. The monoisotopic (exact) mass is 379 g/mol. The Morgan fingerprint density at radius 3 is 2.36 bits per heavy atom. The van der Waals surface area contributed by atoms with E-state index in [-0.39, 0.29) is 11.9 Å². The Morgan fingerprint density at radius 1 is 1.00 bits per heavy atom. The molecule has 0 aliphatic heterocycles. The van der Waals surface area contributed by atoms with E-state index in [1.54, 1.807) is 0 Å². The Balaban J connectivity index is 1.52. The number of aromatic nitrogens is 1. The summed E-state index contributed by atoms with van der Waals surface area (Å²) in [6.07, 6.45) is 12.3. The van der Waals surface area contributed by atoms with Gasteiger partial charge in [-0.2, -0.15) is 0 Å². The second-order valence-corrected chi connectivity index (χ2v) is 8.11. The zero-order valence-corrected chi connectivity index (χ0v) is 17.3. The number of pyridine rings is 1. The summed E-state index contributed by atoms with van der Waals surface area (Å²) in [4.78, 5) is 17.1. The van der Waals surface area contributed by atoms with Crippen molar-refractivity contribution in [3.63, 3.8) is 0 Å². The Bertz CT molecular complexity index is 728. The summed E-state index contributed by atoms with van der Waals surface area (Å²) in [6, 6.07) is 11.9. The van der Waals surface area contributed by atoms with Gasteiger partial charge in [0.2, 0.25) is 0 Å². The van der Waals surface area contributed by atoms with Crippen molar-refractivity contribution < 1.29 is 9.53 Å². The Morgan fingerprint density at radius 2 is 1.75 bits per heavy atom. The molecule has 1 saturated carbocycles. The maximum atomic E-state index is 12.5. The number of carbonyl (C=O) groups excluding carboxylic acids is 1. The average molecular weight is 380 g/mol. The van der Waals surface area contributed by atoms with Crippen molar-refractivity contribution >= 4 is 5.97 Å². The van der Waals surface area contributed by atoms with Crippen molar-refractivity contribution in [2.45, 2.75) is 71.6 Å². The van der Waals surface area contributed by atoms with Crippen molar-refractivity contribution in [2.24, 2.45) is 11.8 Å². The van der Waals surface area contributed by atoms with E-state index in [0.29, 0.717) is 5.75 Å². The Hall–Kier alpha value is -2.16. The van der Waals surface area contributed by atoms with E-state index in [0.717, 1.165) is 42.9 Å². The van der Waals surface area contributed by atoms with Gasteiger partial charge in [-0.05, 0) is 73.9 Å². The van der Waals surface area contributed by atoms with E-state index in [1.807, 2.05) is 30.5 Å². The lowest BCUT2D eigenvalue weighted by molar-refractivity contribution is -0.140. The fraction of sp³-hybridized carbons (Fsp3) is 0.520. The van der Waals surface area contributed by atoms with Gasteiger partial charge < -0.3 is 4.74 Å². The van der Waals surface area contributed by atoms with Crippen LogP contribution in [0.2, 0.25) is 0 Å². The minimum atomic E-state index is -0.0660. The number of hydrogen-bond donors (Lipinski definition) is 0. The summed E-state index contributed by atoms with van der Waals surface area (Å²) >= 11 is 0. The third-order valence-corrected chi connectivity index (χ3v) is 5.88. The van der Waals surface area contributed by atoms with Gasteiger partial charge in [0, 0.05) is 11.8 Å². The molecule has 1 aliphatic rings. The molecule has 3 heteroatoms. The van der Waals surface area contributed by atoms with Crippen LogP contribution in [0.15, 0.2) is 42.6 Å². The van der Waals surface area contributed by atoms with Crippen LogP contribution in [0.5, 0.6) is 5.75 Å². The van der Waals surface area contributed by atoms with Gasteiger partial charge >= 0.3 is 5.97 Å². The predicted molar refractivity (Wildman–Crippen MR) is 114 cm³/mol. The molecule has 1 heterocycles. The highest BCUT2D eigenvalue weighted by Crippen LogP contribution is 2.33. The number of nitrogens with zero attached hydrogens (tertiary/aromatic N) is 1. The van der Waals surface area contributed by atoms with Crippen LogP contribution in [0.1, 0.15) is 70.8 Å². The molecule has 28 heavy (non-hydrogen) atoms. The predicted octanol–water partition coefficient (Wildman–Crippen LogP) is 6.60. The van der Waals surface area contributed by atoms with Crippen molar-refractivity contribution in [2.75, 3.05) is 0 Å². The Labute approximate surface area is 169 Å². The van der Waals surface area contributed by atoms with Crippen molar-refractivity contribution in [3.05, 3.63) is 48.2 Å². The van der Waals surface area contributed by atoms with Gasteiger partial charge in [0.15, 0.2) is 0 Å². The molecule has 1 fully saturated rings. The molecule has 1 aromatic heterocycles. The van der Waals surface area contributed by atoms with E-state index in [2.05, 4.69) is 31.0 Å². The summed E-state index contributed by atoms with van der Waals surface area (Å²) in [5, 5.41) is 0. The first-order valence-electron chi connectivity index (χ1n) is 11.0. The molecule has 1 aliphatic carbocycles. The molecule has 150 valence electrons. The van der Waals surface area contributed by atoms with Crippen molar-refractivity contribution in [3.8, 4) is 17.0 Å². The zero-order chi connectivity index (χ0) is 19.8. The number of hydrogen-bond acceptors (Lipinski definition) is 3. The standard InChI is InChI=1S/C25H33NO2/c1-3-5-7-19-8-11-22(12-9-19)25(27)28-23-15-13-21(14-16-23)24-17-10-20(6-4-2)18-26-24/h10,13-19,22H,3-9,11-12H2,1-2H3/t19-,22-. The third kappa shape index (κ3) is 5.67. The summed E-state index contributed by atoms with van der Waals surface area (Å²) in [5.41, 5.74) is 3.25. The summed E-state index contributed by atoms with van der Waals surface area (Å²) in [6.45, 7) is 4.41. The van der Waals surface area contributed by atoms with Gasteiger partial charge in [0.05, 0.1) is 11.6 Å². The number of carbonyl (C=O) groups is 1. The fourth-order valence-electron chi connectivity index (χ4n) is 4.10. The smallest absolute Gasteiger partial charge is 0.314 e. The maximum Gasteiger partial charge on any atom is 0.314 e. The normalized spacial score (nSPS) is 19.4. The molecule has 0 unspecified atom stereocenters. The molecule has 3 rings (SSSR count). The molecule has 0 atom stereocenters. The van der Waals surface area contributed by atoms with Gasteiger partial charge in [-0.25, -0.2) is 0 Å². The summed E-state index contributed by atoms with van der Waals surface area (Å²) in [7, 11) is 0. The van der Waals surface area contributed by atoms with Crippen LogP contribution < -0.4 is 4.74 Å². The van der Waals surface area contributed by atoms with Crippen LogP contribution in [0.3, 0.4) is 0 Å². The second-order valence-electron chi connectivity index (χ2n) is 8.11. The highest BCUT2D eigenvalue weighted by Gasteiger charge is 2.27. The molecular weight excluding hydrogens is 346 g/mol. The van der Waals surface area contributed by atoms with Crippen LogP contribution in [-0.4, -0.2) is 11.0 Å². The van der Waals surface area contributed by atoms with E-state index in [4.69, 9.17) is 4.74 Å². The second kappa shape index (κ2) is 10.4. The highest BCUT2D eigenvalue weighted by molar-refractivity contribution is 5.75. The molecule has 3 nitrogen and oxygen atoms in total. The quantitative estimate of drug-likeness (QED) is 0.383. The van der Waals surface area contributed by atoms with Crippen LogP contribution >= 0.6 is 0 Å². The average Bonchev–Trinajstić information content (AvgIpc) is 2.74. The van der Waals surface area contributed by atoms with Gasteiger partial charge in [-0.1, -0.05) is 45.6 Å². The van der Waals surface area contributed by atoms with Crippen LogP contribution in [0.25, 0.3) is 11.3 Å². The van der Waals surface area contributed by atoms with Crippen molar-refractivity contribution in [1.82, 2.24) is 4.98 Å². The topological polar surface area (TPSA) is 39.2 Å². The first-order valence-corrected chi connectivity index (χ1v) is 11.0. The van der Waals surface area contributed by atoms with E-state index >= 15 is 0 Å². The van der Waals surface area contributed by atoms with E-state index in [1.165, 1.54) is 37.7 Å². The lowest BCUT2D eigenvalue weighted by atomic mass is 9.80. The maximum absolute atomic E-state index is 12.5. The molecule has 0 spiro atoms. The molecule has 0 amide bonds. The minimum absolute atomic E-state index is 0.0605. The lowest BCUT2D eigenvalue weighted by Crippen LogP contribution is -2.25. The summed E-state index contributed by atoms with van der Waals surface area (Å²) < 4.78 is 5.65. The molecule has 0 N–H and O–H groups in total. The first kappa shape index (κ1) is 20.6. The summed E-state index contributed by atoms with van der Waals surface area (Å²) in [5.74, 6) is 1.43. The number of ether oxygens (including phenoxy) is 1. The van der Waals surface area contributed by atoms with Crippen molar-refractivity contribution in [1.29, 1.82) is 0 Å². The van der Waals surface area contributed by atoms with Crippen LogP contribution in [0, 0.1) is 11.8 Å². The number of rotatable bonds is 8. The van der Waals surface area contributed by atoms with Crippen LogP contribution in [-0.2, 0) is 11.2 Å². The Kier molecular flexibility index (Phi) is 7.64. The molecule has 0 bridgehead atoms. The number of benzene rings is 1. The first-order chi connectivity index (χ1) is 13.7. The van der Waals surface area contributed by atoms with Gasteiger partial charge in [0.1, 0.15) is 5.75 Å². The van der Waals surface area contributed by atoms with E-state index in [9.17, 15) is 4.79 Å². The number of aryl methyl sites for hydroxylation is 1. The molecule has 0 saturated heterocycles. The minimum Gasteiger partial charge on any atom is -0.426 e. The third-order valence-electron chi connectivity index (χ3n) is 5.88. The van der Waals surface area contributed by atoms with Gasteiger partial charge in [-0.3, -0.25) is 9.78 Å². The van der Waals surface area contributed by atoms with E-state index < -0.39 is 0 Å². The SMILES string of the molecule is CCCC[C@H]1CC[C@H](C(=O)Oc2ccc(-c3ccc(CCC)cn3)cc2)CC1. The lowest BCUT2D eigenvalue weighted by Gasteiger charge is -2.27. The van der Waals surface area contributed by atoms with Gasteiger partial charge in [-0.15, -0.1) is 0 Å². The molecular formula is C25H33NO2. The molecule has 1 aromatic carbocycles. The largest absolute Gasteiger partial charge is 0.426 e. The zero-order valence-electron chi connectivity index (χ0n) is 17.3. The molecule has 0 radical (unpaired) electrons.